The molecule has 2 heterocycles. The quantitative estimate of drug-likeness (QED) is 0.689. The zero-order chi connectivity index (χ0) is 20.9. The second-order valence-corrected chi connectivity index (χ2v) is 8.51. The lowest BCUT2D eigenvalue weighted by Crippen LogP contribution is -2.36. The molecule has 0 spiro atoms. The third-order valence-electron chi connectivity index (χ3n) is 6.59. The Morgan fingerprint density at radius 2 is 1.63 bits per heavy atom. The molecule has 3 amide bonds. The fourth-order valence-electron chi connectivity index (χ4n) is 4.83. The number of imide groups is 1. The van der Waals surface area contributed by atoms with Crippen LogP contribution in [0.5, 0.6) is 0 Å². The highest BCUT2D eigenvalue weighted by atomic mass is 16.5. The summed E-state index contributed by atoms with van der Waals surface area (Å²) < 4.78 is 5.41. The van der Waals surface area contributed by atoms with Gasteiger partial charge in [-0.15, -0.1) is 0 Å². The van der Waals surface area contributed by atoms with Gasteiger partial charge < -0.3 is 10.1 Å². The zero-order valence-corrected chi connectivity index (χ0v) is 17.5. The van der Waals surface area contributed by atoms with Crippen LogP contribution in [0.15, 0.2) is 24.3 Å². The number of hydrogen-bond donors (Lipinski definition) is 1. The van der Waals surface area contributed by atoms with Gasteiger partial charge in [0.1, 0.15) is 0 Å². The van der Waals surface area contributed by atoms with Crippen LogP contribution in [0.3, 0.4) is 0 Å². The number of nitrogens with one attached hydrogen (secondary N) is 1. The van der Waals surface area contributed by atoms with Gasteiger partial charge in [-0.2, -0.15) is 0 Å². The molecular formula is C23H31N3O4. The molecule has 1 saturated carbocycles. The lowest BCUT2D eigenvalue weighted by molar-refractivity contribution is -0.140. The van der Waals surface area contributed by atoms with Crippen molar-refractivity contribution in [2.45, 2.75) is 45.2 Å². The Morgan fingerprint density at radius 3 is 2.30 bits per heavy atom. The maximum atomic E-state index is 12.5. The van der Waals surface area contributed by atoms with Crippen LogP contribution in [-0.4, -0.2) is 60.4 Å². The van der Waals surface area contributed by atoms with Crippen molar-refractivity contribution in [3.8, 4) is 0 Å². The fraction of sp³-hybridized carbons (Fsp3) is 0.609. The number of nitrogens with zero attached hydrogens (tertiary/aromatic N) is 2. The Morgan fingerprint density at radius 1 is 1.00 bits per heavy atom. The molecule has 0 bridgehead atoms. The van der Waals surface area contributed by atoms with Gasteiger partial charge in [-0.1, -0.05) is 37.1 Å². The molecule has 1 aromatic rings. The smallest absolute Gasteiger partial charge is 0.233 e. The second kappa shape index (κ2) is 9.71. The molecule has 1 N–H and O–H groups in total. The summed E-state index contributed by atoms with van der Waals surface area (Å²) >= 11 is 0. The second-order valence-electron chi connectivity index (χ2n) is 8.51. The predicted molar refractivity (Wildman–Crippen MR) is 111 cm³/mol. The van der Waals surface area contributed by atoms with Gasteiger partial charge in [-0.3, -0.25) is 24.2 Å². The van der Waals surface area contributed by atoms with Gasteiger partial charge in [0.2, 0.25) is 17.7 Å². The van der Waals surface area contributed by atoms with E-state index >= 15 is 0 Å². The zero-order valence-electron chi connectivity index (χ0n) is 17.5. The van der Waals surface area contributed by atoms with Crippen LogP contribution in [0, 0.1) is 11.8 Å². The number of benzene rings is 1. The standard InChI is InChI=1S/C23H31N3O4/c27-21(9-10-26-22(28)19-7-3-4-8-20(19)23(26)29)24-15-17-5-1-2-6-18(17)16-25-11-13-30-14-12-25/h1-2,5-6,19-20H,3-4,7-16H2,(H,24,27)/t19-,20+. The average molecular weight is 414 g/mol. The summed E-state index contributed by atoms with van der Waals surface area (Å²) in [7, 11) is 0. The van der Waals surface area contributed by atoms with Crippen molar-refractivity contribution in [1.29, 1.82) is 0 Å². The maximum absolute atomic E-state index is 12.5. The Balaban J connectivity index is 1.27. The Hall–Kier alpha value is -2.25. The molecule has 3 aliphatic rings. The largest absolute Gasteiger partial charge is 0.379 e. The highest BCUT2D eigenvalue weighted by Crippen LogP contribution is 2.37. The summed E-state index contributed by atoms with van der Waals surface area (Å²) in [4.78, 5) is 41.2. The van der Waals surface area contributed by atoms with E-state index in [-0.39, 0.29) is 42.5 Å². The topological polar surface area (TPSA) is 79.0 Å². The van der Waals surface area contributed by atoms with Crippen LogP contribution >= 0.6 is 0 Å². The summed E-state index contributed by atoms with van der Waals surface area (Å²) in [6.07, 6.45) is 3.79. The number of hydrogen-bond acceptors (Lipinski definition) is 5. The minimum absolute atomic E-state index is 0.0756. The molecular weight excluding hydrogens is 382 g/mol. The first kappa shape index (κ1) is 21.0. The van der Waals surface area contributed by atoms with Crippen LogP contribution in [0.1, 0.15) is 43.2 Å². The number of carbonyl (C=O) groups excluding carboxylic acids is 3. The van der Waals surface area contributed by atoms with E-state index in [1.165, 1.54) is 10.5 Å². The highest BCUT2D eigenvalue weighted by molar-refractivity contribution is 6.05. The fourth-order valence-corrected chi connectivity index (χ4v) is 4.83. The summed E-state index contributed by atoms with van der Waals surface area (Å²) in [5, 5.41) is 2.96. The van der Waals surface area contributed by atoms with E-state index in [1.807, 2.05) is 18.2 Å². The van der Waals surface area contributed by atoms with Crippen molar-refractivity contribution in [3.05, 3.63) is 35.4 Å². The number of fused-ring (bicyclic) bond motifs is 1. The number of likely N-dealkylation sites (tertiary alicyclic amines) is 1. The highest BCUT2D eigenvalue weighted by Gasteiger charge is 2.47. The van der Waals surface area contributed by atoms with Crippen LogP contribution in [-0.2, 0) is 32.2 Å². The number of amides is 3. The van der Waals surface area contributed by atoms with Crippen molar-refractivity contribution >= 4 is 17.7 Å². The molecule has 0 radical (unpaired) electrons. The SMILES string of the molecule is O=C(CCN1C(=O)[C@H]2CCCC[C@H]2C1=O)NCc1ccccc1CN1CCOCC1. The van der Waals surface area contributed by atoms with Gasteiger partial charge in [-0.25, -0.2) is 0 Å². The van der Waals surface area contributed by atoms with Crippen molar-refractivity contribution < 1.29 is 19.1 Å². The lowest BCUT2D eigenvalue weighted by atomic mass is 9.81. The molecule has 0 unspecified atom stereocenters. The summed E-state index contributed by atoms with van der Waals surface area (Å²) in [5.41, 5.74) is 2.30. The number of carbonyl (C=O) groups is 3. The van der Waals surface area contributed by atoms with Gasteiger partial charge >= 0.3 is 0 Å². The lowest BCUT2D eigenvalue weighted by Gasteiger charge is -2.27. The van der Waals surface area contributed by atoms with Crippen molar-refractivity contribution in [3.63, 3.8) is 0 Å². The molecule has 1 aromatic carbocycles. The molecule has 7 heteroatoms. The van der Waals surface area contributed by atoms with E-state index in [0.29, 0.717) is 6.54 Å². The van der Waals surface area contributed by atoms with E-state index in [2.05, 4.69) is 16.3 Å². The molecule has 7 nitrogen and oxygen atoms in total. The van der Waals surface area contributed by atoms with Crippen LogP contribution in [0.25, 0.3) is 0 Å². The molecule has 3 fully saturated rings. The summed E-state index contributed by atoms with van der Waals surface area (Å²) in [5.74, 6) is -0.587. The average Bonchev–Trinajstić information content (AvgIpc) is 3.02. The first-order valence-corrected chi connectivity index (χ1v) is 11.1. The number of morpholine rings is 1. The van der Waals surface area contributed by atoms with Crippen LogP contribution in [0.4, 0.5) is 0 Å². The van der Waals surface area contributed by atoms with E-state index in [4.69, 9.17) is 4.74 Å². The van der Waals surface area contributed by atoms with Gasteiger partial charge in [0.15, 0.2) is 0 Å². The van der Waals surface area contributed by atoms with E-state index in [1.54, 1.807) is 0 Å². The van der Waals surface area contributed by atoms with Crippen LogP contribution < -0.4 is 5.32 Å². The first-order chi connectivity index (χ1) is 14.6. The molecule has 2 aliphatic heterocycles. The van der Waals surface area contributed by atoms with Gasteiger partial charge in [0, 0.05) is 39.1 Å². The minimum atomic E-state index is -0.152. The minimum Gasteiger partial charge on any atom is -0.379 e. The monoisotopic (exact) mass is 413 g/mol. The number of ether oxygens (including phenoxy) is 1. The number of rotatable bonds is 7. The molecule has 2 atom stereocenters. The summed E-state index contributed by atoms with van der Waals surface area (Å²) in [6, 6.07) is 8.13. The molecule has 162 valence electrons. The molecule has 1 aliphatic carbocycles. The third kappa shape index (κ3) is 4.73. The Bertz CT molecular complexity index is 766. The normalized spacial score (nSPS) is 24.7. The van der Waals surface area contributed by atoms with Crippen LogP contribution in [0.2, 0.25) is 0 Å². The molecule has 4 rings (SSSR count). The van der Waals surface area contributed by atoms with Gasteiger partial charge in [0.05, 0.1) is 25.0 Å². The molecule has 2 saturated heterocycles. The molecule has 30 heavy (non-hydrogen) atoms. The summed E-state index contributed by atoms with van der Waals surface area (Å²) in [6.45, 7) is 4.83. The molecule has 0 aromatic heterocycles. The van der Waals surface area contributed by atoms with E-state index in [0.717, 1.165) is 64.1 Å². The Labute approximate surface area is 177 Å². The Kier molecular flexibility index (Phi) is 6.79. The third-order valence-corrected chi connectivity index (χ3v) is 6.59. The van der Waals surface area contributed by atoms with Crippen molar-refractivity contribution in [2.24, 2.45) is 11.8 Å². The van der Waals surface area contributed by atoms with Crippen molar-refractivity contribution in [1.82, 2.24) is 15.1 Å². The predicted octanol–water partition coefficient (Wildman–Crippen LogP) is 1.70. The van der Waals surface area contributed by atoms with E-state index in [9.17, 15) is 14.4 Å². The van der Waals surface area contributed by atoms with Gasteiger partial charge in [0.25, 0.3) is 0 Å². The van der Waals surface area contributed by atoms with E-state index < -0.39 is 0 Å². The first-order valence-electron chi connectivity index (χ1n) is 11.1. The van der Waals surface area contributed by atoms with Gasteiger partial charge in [-0.05, 0) is 24.0 Å². The van der Waals surface area contributed by atoms with Crippen molar-refractivity contribution in [2.75, 3.05) is 32.8 Å². The maximum Gasteiger partial charge on any atom is 0.233 e.